The average molecular weight is 378 g/mol. The van der Waals surface area contributed by atoms with Crippen LogP contribution in [0.2, 0.25) is 0 Å². The van der Waals surface area contributed by atoms with Crippen molar-refractivity contribution in [1.29, 1.82) is 0 Å². The molecule has 7 heteroatoms. The first-order valence-electron chi connectivity index (χ1n) is 8.90. The van der Waals surface area contributed by atoms with Gasteiger partial charge in [-0.3, -0.25) is 4.90 Å². The van der Waals surface area contributed by atoms with E-state index in [2.05, 4.69) is 20.3 Å². The third-order valence-corrected chi connectivity index (χ3v) is 6.07. The number of hydrogen-bond donors (Lipinski definition) is 1. The fourth-order valence-electron chi connectivity index (χ4n) is 3.41. The number of nitrogens with one attached hydrogen (secondary N) is 1. The Morgan fingerprint density at radius 3 is 2.62 bits per heavy atom. The van der Waals surface area contributed by atoms with Gasteiger partial charge in [0.15, 0.2) is 0 Å². The lowest BCUT2D eigenvalue weighted by Gasteiger charge is -2.34. The Morgan fingerprint density at radius 1 is 1.19 bits per heavy atom. The van der Waals surface area contributed by atoms with Gasteiger partial charge in [0.1, 0.15) is 0 Å². The minimum atomic E-state index is -3.41. The number of hydrogen-bond acceptors (Lipinski definition) is 4. The molecule has 1 aromatic carbocycles. The van der Waals surface area contributed by atoms with Gasteiger partial charge in [-0.15, -0.1) is 0 Å². The van der Waals surface area contributed by atoms with Crippen molar-refractivity contribution in [3.05, 3.63) is 59.4 Å². The predicted octanol–water partition coefficient (Wildman–Crippen LogP) is 1.83. The number of benzene rings is 1. The minimum Gasteiger partial charge on any atom is -0.379 e. The molecule has 0 amide bonds. The molecule has 1 atom stereocenters. The van der Waals surface area contributed by atoms with Gasteiger partial charge in [-0.25, -0.2) is 13.1 Å². The van der Waals surface area contributed by atoms with Crippen molar-refractivity contribution >= 4 is 10.0 Å². The van der Waals surface area contributed by atoms with Crippen molar-refractivity contribution in [3.63, 3.8) is 0 Å². The van der Waals surface area contributed by atoms with Crippen molar-refractivity contribution in [2.24, 2.45) is 7.05 Å². The van der Waals surface area contributed by atoms with Crippen LogP contribution in [0.5, 0.6) is 0 Å². The summed E-state index contributed by atoms with van der Waals surface area (Å²) in [6, 6.07) is 11.7. The molecule has 0 spiro atoms. The summed E-state index contributed by atoms with van der Waals surface area (Å²) in [6.45, 7) is 5.28. The molecule has 0 radical (unpaired) electrons. The third-order valence-electron chi connectivity index (χ3n) is 4.75. The molecule has 1 fully saturated rings. The molecule has 6 nitrogen and oxygen atoms in total. The summed E-state index contributed by atoms with van der Waals surface area (Å²) in [4.78, 5) is 2.29. The Kier molecular flexibility index (Phi) is 6.13. The number of morpholine rings is 1. The van der Waals surface area contributed by atoms with E-state index in [0.29, 0.717) is 19.8 Å². The highest BCUT2D eigenvalue weighted by atomic mass is 32.2. The smallest absolute Gasteiger partial charge is 0.215 e. The first-order chi connectivity index (χ1) is 12.4. The summed E-state index contributed by atoms with van der Waals surface area (Å²) in [5, 5.41) is 0. The first-order valence-corrected chi connectivity index (χ1v) is 10.6. The molecule has 0 bridgehead atoms. The van der Waals surface area contributed by atoms with E-state index in [1.165, 1.54) is 0 Å². The SMILES string of the molecule is Cc1cccc(CS(=O)(=O)NCC(c2cccn2C)N2CCOCC2)c1. The summed E-state index contributed by atoms with van der Waals surface area (Å²) in [5.74, 6) is -0.00233. The number of rotatable bonds is 7. The van der Waals surface area contributed by atoms with Gasteiger partial charge in [-0.2, -0.15) is 0 Å². The van der Waals surface area contributed by atoms with Crippen LogP contribution in [0.15, 0.2) is 42.6 Å². The van der Waals surface area contributed by atoms with Crippen LogP contribution in [0, 0.1) is 6.92 Å². The standard InChI is InChI=1S/C19H27N3O3S/c1-16-5-3-6-17(13-16)15-26(23,24)20-14-19(18-7-4-8-21(18)2)22-9-11-25-12-10-22/h3-8,13,19-20H,9-12,14-15H2,1-2H3. The van der Waals surface area contributed by atoms with E-state index in [1.54, 1.807) is 0 Å². The van der Waals surface area contributed by atoms with E-state index >= 15 is 0 Å². The normalized spacial score (nSPS) is 17.3. The van der Waals surface area contributed by atoms with Crippen LogP contribution in [0.4, 0.5) is 0 Å². The van der Waals surface area contributed by atoms with Gasteiger partial charge in [-0.05, 0) is 24.6 Å². The van der Waals surface area contributed by atoms with Crippen LogP contribution in [0.3, 0.4) is 0 Å². The lowest BCUT2D eigenvalue weighted by atomic mass is 10.1. The molecule has 1 saturated heterocycles. The largest absolute Gasteiger partial charge is 0.379 e. The van der Waals surface area contributed by atoms with Crippen molar-refractivity contribution < 1.29 is 13.2 Å². The zero-order chi connectivity index (χ0) is 18.6. The second-order valence-corrected chi connectivity index (χ2v) is 8.61. The van der Waals surface area contributed by atoms with Gasteiger partial charge >= 0.3 is 0 Å². The maximum Gasteiger partial charge on any atom is 0.215 e. The van der Waals surface area contributed by atoms with E-state index in [-0.39, 0.29) is 11.8 Å². The monoisotopic (exact) mass is 377 g/mol. The average Bonchev–Trinajstić information content (AvgIpc) is 3.01. The van der Waals surface area contributed by atoms with Crippen molar-refractivity contribution in [2.75, 3.05) is 32.8 Å². The molecule has 2 heterocycles. The van der Waals surface area contributed by atoms with E-state index in [9.17, 15) is 8.42 Å². The van der Waals surface area contributed by atoms with Crippen LogP contribution >= 0.6 is 0 Å². The second kappa shape index (κ2) is 8.35. The molecule has 1 aliphatic heterocycles. The molecular formula is C19H27N3O3S. The summed E-state index contributed by atoms with van der Waals surface area (Å²) in [5.41, 5.74) is 2.97. The Labute approximate surface area is 155 Å². The van der Waals surface area contributed by atoms with Crippen LogP contribution in [0.25, 0.3) is 0 Å². The molecule has 26 heavy (non-hydrogen) atoms. The highest BCUT2D eigenvalue weighted by molar-refractivity contribution is 7.88. The minimum absolute atomic E-state index is 0.00233. The number of nitrogens with zero attached hydrogens (tertiary/aromatic N) is 2. The van der Waals surface area contributed by atoms with Crippen LogP contribution < -0.4 is 4.72 Å². The van der Waals surface area contributed by atoms with Gasteiger partial charge in [-0.1, -0.05) is 29.8 Å². The van der Waals surface area contributed by atoms with Gasteiger partial charge in [0.25, 0.3) is 0 Å². The maximum atomic E-state index is 12.6. The summed E-state index contributed by atoms with van der Waals surface area (Å²) < 4.78 is 35.5. The highest BCUT2D eigenvalue weighted by Gasteiger charge is 2.26. The zero-order valence-corrected chi connectivity index (χ0v) is 16.2. The third kappa shape index (κ3) is 4.94. The van der Waals surface area contributed by atoms with E-state index in [1.807, 2.05) is 50.5 Å². The van der Waals surface area contributed by atoms with Gasteiger partial charge < -0.3 is 9.30 Å². The Bertz CT molecular complexity index is 826. The molecule has 142 valence electrons. The molecule has 0 saturated carbocycles. The number of aromatic nitrogens is 1. The van der Waals surface area contributed by atoms with Crippen LogP contribution in [0.1, 0.15) is 22.9 Å². The van der Waals surface area contributed by atoms with Gasteiger partial charge in [0.05, 0.1) is 25.0 Å². The molecule has 1 N–H and O–H groups in total. The second-order valence-electron chi connectivity index (χ2n) is 6.80. The quantitative estimate of drug-likeness (QED) is 0.800. The number of ether oxygens (including phenoxy) is 1. The Morgan fingerprint density at radius 2 is 1.96 bits per heavy atom. The fraction of sp³-hybridized carbons (Fsp3) is 0.474. The lowest BCUT2D eigenvalue weighted by Crippen LogP contribution is -2.44. The molecule has 1 aliphatic rings. The summed E-state index contributed by atoms with van der Waals surface area (Å²) in [7, 11) is -1.42. The molecule has 1 aromatic heterocycles. The summed E-state index contributed by atoms with van der Waals surface area (Å²) in [6.07, 6.45) is 1.99. The molecule has 0 aliphatic carbocycles. The van der Waals surface area contributed by atoms with E-state index in [4.69, 9.17) is 4.74 Å². The van der Waals surface area contributed by atoms with Crippen LogP contribution in [-0.2, 0) is 27.6 Å². The zero-order valence-electron chi connectivity index (χ0n) is 15.4. The fourth-order valence-corrected chi connectivity index (χ4v) is 4.54. The van der Waals surface area contributed by atoms with Crippen molar-refractivity contribution in [3.8, 4) is 0 Å². The van der Waals surface area contributed by atoms with Crippen molar-refractivity contribution in [1.82, 2.24) is 14.2 Å². The number of aryl methyl sites for hydroxylation is 2. The van der Waals surface area contributed by atoms with Crippen molar-refractivity contribution in [2.45, 2.75) is 18.7 Å². The molecule has 3 rings (SSSR count). The molecule has 1 unspecified atom stereocenters. The van der Waals surface area contributed by atoms with Crippen LogP contribution in [-0.4, -0.2) is 50.7 Å². The topological polar surface area (TPSA) is 63.6 Å². The van der Waals surface area contributed by atoms with Gasteiger partial charge in [0, 0.05) is 38.6 Å². The lowest BCUT2D eigenvalue weighted by molar-refractivity contribution is 0.0158. The van der Waals surface area contributed by atoms with E-state index < -0.39 is 10.0 Å². The molecule has 2 aromatic rings. The predicted molar refractivity (Wildman–Crippen MR) is 102 cm³/mol. The van der Waals surface area contributed by atoms with Gasteiger partial charge in [0.2, 0.25) is 10.0 Å². The highest BCUT2D eigenvalue weighted by Crippen LogP contribution is 2.22. The Hall–Kier alpha value is -1.67. The first kappa shape index (κ1) is 19.1. The number of sulfonamides is 1. The molecular weight excluding hydrogens is 350 g/mol. The Balaban J connectivity index is 1.71. The van der Waals surface area contributed by atoms with E-state index in [0.717, 1.165) is 29.9 Å². The maximum absolute atomic E-state index is 12.6. The summed E-state index contributed by atoms with van der Waals surface area (Å²) >= 11 is 0.